The van der Waals surface area contributed by atoms with E-state index in [4.69, 9.17) is 28.9 Å². The van der Waals surface area contributed by atoms with Crippen molar-refractivity contribution in [2.45, 2.75) is 6.92 Å². The summed E-state index contributed by atoms with van der Waals surface area (Å²) in [5, 5.41) is 0.279. The minimum Gasteiger partial charge on any atom is -0.397 e. The molecule has 2 aromatic carbocycles. The van der Waals surface area contributed by atoms with E-state index in [1.165, 1.54) is 36.9 Å². The molecular formula is C32H24Cl2F8N8O2. The summed E-state index contributed by atoms with van der Waals surface area (Å²) in [5.41, 5.74) is 4.68. The SMILES string of the molecule is Cc1cc(-n2c(=O)cc(F)n3ccnc23)c(F)cc1Cl.FCF.FCF.Nc1cc(-n2c(=O)cc(F)n3ccnc23)c(F)cc1Cl.c1ccncc1. The molecule has 52 heavy (non-hydrogen) atoms. The third kappa shape index (κ3) is 9.73. The highest BCUT2D eigenvalue weighted by Gasteiger charge is 2.17. The molecule has 0 bridgehead atoms. The van der Waals surface area contributed by atoms with E-state index in [2.05, 4.69) is 15.0 Å². The number of aryl methyl sites for hydroxylation is 1. The minimum atomic E-state index is -1.75. The van der Waals surface area contributed by atoms with Crippen molar-refractivity contribution in [1.82, 2.24) is 32.9 Å². The Morgan fingerprint density at radius 1 is 0.635 bits per heavy atom. The summed E-state index contributed by atoms with van der Waals surface area (Å²) in [5.74, 6) is -3.06. The summed E-state index contributed by atoms with van der Waals surface area (Å²) >= 11 is 11.5. The van der Waals surface area contributed by atoms with Gasteiger partial charge in [0.1, 0.15) is 11.6 Å². The van der Waals surface area contributed by atoms with Crippen LogP contribution in [-0.2, 0) is 0 Å². The Kier molecular flexibility index (Phi) is 14.9. The van der Waals surface area contributed by atoms with E-state index < -0.39 is 48.5 Å². The monoisotopic (exact) mass is 774 g/mol. The van der Waals surface area contributed by atoms with Crippen LogP contribution in [0.4, 0.5) is 40.8 Å². The van der Waals surface area contributed by atoms with Gasteiger partial charge in [-0.3, -0.25) is 23.4 Å². The van der Waals surface area contributed by atoms with Gasteiger partial charge in [-0.15, -0.1) is 0 Å². The molecule has 5 aromatic heterocycles. The van der Waals surface area contributed by atoms with Crippen molar-refractivity contribution in [2.75, 3.05) is 19.6 Å². The van der Waals surface area contributed by atoms with E-state index in [1.54, 1.807) is 19.3 Å². The predicted molar refractivity (Wildman–Crippen MR) is 179 cm³/mol. The number of hydrogen-bond acceptors (Lipinski definition) is 6. The fourth-order valence-electron chi connectivity index (χ4n) is 4.23. The van der Waals surface area contributed by atoms with Gasteiger partial charge in [0.15, 0.2) is 0 Å². The van der Waals surface area contributed by atoms with E-state index >= 15 is 0 Å². The minimum absolute atomic E-state index is 0.00405. The number of halogens is 10. The number of anilines is 1. The smallest absolute Gasteiger partial charge is 0.262 e. The van der Waals surface area contributed by atoms with Crippen LogP contribution in [0.1, 0.15) is 5.56 Å². The zero-order valence-electron chi connectivity index (χ0n) is 26.4. The number of aromatic nitrogens is 7. The Morgan fingerprint density at radius 3 is 1.46 bits per heavy atom. The third-order valence-electron chi connectivity index (χ3n) is 6.37. The molecule has 0 spiro atoms. The number of imidazole rings is 2. The maximum absolute atomic E-state index is 14.1. The molecule has 0 fully saturated rings. The average Bonchev–Trinajstić information content (AvgIpc) is 3.79. The Balaban J connectivity index is 0.000000214. The van der Waals surface area contributed by atoms with Crippen molar-refractivity contribution in [3.63, 3.8) is 0 Å². The number of fused-ring (bicyclic) bond motifs is 2. The first-order chi connectivity index (χ1) is 24.8. The van der Waals surface area contributed by atoms with Gasteiger partial charge in [-0.1, -0.05) is 29.3 Å². The maximum Gasteiger partial charge on any atom is 0.262 e. The molecule has 7 aromatic rings. The van der Waals surface area contributed by atoms with Gasteiger partial charge >= 0.3 is 0 Å². The molecule has 10 nitrogen and oxygen atoms in total. The van der Waals surface area contributed by atoms with Crippen molar-refractivity contribution < 1.29 is 35.1 Å². The van der Waals surface area contributed by atoms with Crippen molar-refractivity contribution in [3.05, 3.63) is 152 Å². The lowest BCUT2D eigenvalue weighted by atomic mass is 10.2. The summed E-state index contributed by atoms with van der Waals surface area (Å²) in [6, 6.07) is 11.9. The van der Waals surface area contributed by atoms with Gasteiger partial charge in [-0.25, -0.2) is 45.4 Å². The Labute approximate surface area is 297 Å². The second-order valence-electron chi connectivity index (χ2n) is 9.58. The molecule has 0 unspecified atom stereocenters. The molecule has 0 radical (unpaired) electrons. The zero-order chi connectivity index (χ0) is 38.5. The van der Waals surface area contributed by atoms with Gasteiger partial charge in [0, 0.05) is 42.2 Å². The van der Waals surface area contributed by atoms with Gasteiger partial charge < -0.3 is 5.73 Å². The molecule has 0 aliphatic rings. The second-order valence-corrected chi connectivity index (χ2v) is 10.4. The predicted octanol–water partition coefficient (Wildman–Crippen LogP) is 7.57. The number of alkyl halides is 4. The van der Waals surface area contributed by atoms with Gasteiger partial charge in [-0.2, -0.15) is 8.78 Å². The standard InChI is InChI=1S/C13H8ClF2N3O.C12H7ClF2N4O.C5H5N.2CH2F2/c1-7-4-10(9(15)5-8(7)14)19-12(20)6-11(16)18-3-2-17-13(18)19;13-6-3-7(14)9(4-8(6)16)19-11(20)5-10(15)18-2-1-17-12(18)19;1-2-4-6-5-3-1;2*2-1-3/h2-6H,1H3;1-5H,16H2;1-5H;2*1H2. The van der Waals surface area contributed by atoms with Crippen molar-refractivity contribution in [1.29, 1.82) is 0 Å². The first-order valence-corrected chi connectivity index (χ1v) is 14.9. The second kappa shape index (κ2) is 19.0. The maximum atomic E-state index is 14.1. The van der Waals surface area contributed by atoms with Gasteiger partial charge in [-0.05, 0) is 48.9 Å². The molecule has 0 atom stereocenters. The first kappa shape index (κ1) is 40.7. The van der Waals surface area contributed by atoms with Crippen molar-refractivity contribution in [3.8, 4) is 11.4 Å². The molecule has 0 amide bonds. The van der Waals surface area contributed by atoms with Crippen LogP contribution < -0.4 is 16.9 Å². The van der Waals surface area contributed by atoms with Crippen molar-refractivity contribution >= 4 is 40.4 Å². The summed E-state index contributed by atoms with van der Waals surface area (Å²) in [4.78, 5) is 35.4. The van der Waals surface area contributed by atoms with Crippen LogP contribution in [-0.4, -0.2) is 46.7 Å². The lowest BCUT2D eigenvalue weighted by molar-refractivity contribution is 0.295. The van der Waals surface area contributed by atoms with Gasteiger partial charge in [0.2, 0.25) is 37.3 Å². The van der Waals surface area contributed by atoms with E-state index in [0.717, 1.165) is 42.2 Å². The average molecular weight is 775 g/mol. The van der Waals surface area contributed by atoms with Crippen LogP contribution in [0.15, 0.2) is 101 Å². The quantitative estimate of drug-likeness (QED) is 0.110. The lowest BCUT2D eigenvalue weighted by Gasteiger charge is -2.10. The Bertz CT molecular complexity index is 2190. The number of hydrogen-bond donors (Lipinski definition) is 1. The molecule has 0 aliphatic heterocycles. The molecule has 0 aliphatic carbocycles. The largest absolute Gasteiger partial charge is 0.397 e. The molecule has 0 saturated carbocycles. The first-order valence-electron chi connectivity index (χ1n) is 14.1. The number of benzene rings is 2. The number of nitrogens with two attached hydrogens (primary N) is 1. The fraction of sp³-hybridized carbons (Fsp3) is 0.0938. The normalized spacial score (nSPS) is 10.2. The van der Waals surface area contributed by atoms with Crippen LogP contribution in [0.3, 0.4) is 0 Å². The number of nitrogens with zero attached hydrogens (tertiary/aromatic N) is 7. The molecule has 0 saturated heterocycles. The molecule has 2 N–H and O–H groups in total. The van der Waals surface area contributed by atoms with E-state index in [9.17, 15) is 44.7 Å². The summed E-state index contributed by atoms with van der Waals surface area (Å²) < 4.78 is 97.8. The highest BCUT2D eigenvalue weighted by molar-refractivity contribution is 6.33. The summed E-state index contributed by atoms with van der Waals surface area (Å²) in [6.07, 6.45) is 8.79. The zero-order valence-corrected chi connectivity index (χ0v) is 27.9. The van der Waals surface area contributed by atoms with Crippen LogP contribution in [0.5, 0.6) is 0 Å². The highest BCUT2D eigenvalue weighted by atomic mass is 35.5. The third-order valence-corrected chi connectivity index (χ3v) is 7.11. The van der Waals surface area contributed by atoms with E-state index in [-0.39, 0.29) is 38.7 Å². The van der Waals surface area contributed by atoms with E-state index in [1.807, 2.05) is 18.2 Å². The fourth-order valence-corrected chi connectivity index (χ4v) is 4.53. The Morgan fingerprint density at radius 2 is 1.06 bits per heavy atom. The van der Waals surface area contributed by atoms with Crippen LogP contribution in [0.2, 0.25) is 10.0 Å². The molecule has 274 valence electrons. The molecular weight excluding hydrogens is 751 g/mol. The number of pyridine rings is 1. The highest BCUT2D eigenvalue weighted by Crippen LogP contribution is 2.26. The van der Waals surface area contributed by atoms with Crippen LogP contribution >= 0.6 is 23.2 Å². The number of rotatable bonds is 2. The topological polar surface area (TPSA) is 118 Å². The lowest BCUT2D eigenvalue weighted by Crippen LogP contribution is -2.22. The van der Waals surface area contributed by atoms with Gasteiger partial charge in [0.25, 0.3) is 11.1 Å². The Hall–Kier alpha value is -5.75. The summed E-state index contributed by atoms with van der Waals surface area (Å²) in [7, 11) is 0. The molecule has 20 heteroatoms. The number of nitrogen functional groups attached to an aromatic ring is 1. The van der Waals surface area contributed by atoms with Crippen LogP contribution in [0.25, 0.3) is 22.9 Å². The molecule has 5 heterocycles. The summed E-state index contributed by atoms with van der Waals surface area (Å²) in [6.45, 7) is -1.82. The van der Waals surface area contributed by atoms with Crippen LogP contribution in [0, 0.1) is 30.5 Å². The van der Waals surface area contributed by atoms with Gasteiger partial charge in [0.05, 0.1) is 34.2 Å². The van der Waals surface area contributed by atoms with Crippen molar-refractivity contribution in [2.24, 2.45) is 0 Å². The molecule has 7 rings (SSSR count). The van der Waals surface area contributed by atoms with E-state index in [0.29, 0.717) is 5.56 Å².